The minimum absolute atomic E-state index is 0.0873. The van der Waals surface area contributed by atoms with Gasteiger partial charge in [0.25, 0.3) is 0 Å². The first-order valence-electron chi connectivity index (χ1n) is 19.1. The van der Waals surface area contributed by atoms with Crippen molar-refractivity contribution in [3.63, 3.8) is 0 Å². The molecule has 0 radical (unpaired) electrons. The Balaban J connectivity index is 1.15. The third kappa shape index (κ3) is 4.96. The highest BCUT2D eigenvalue weighted by atomic mass is 15.3. The van der Waals surface area contributed by atoms with E-state index < -0.39 is 0 Å². The van der Waals surface area contributed by atoms with E-state index in [0.717, 1.165) is 5.70 Å². The van der Waals surface area contributed by atoms with Crippen LogP contribution in [-0.2, 0) is 0 Å². The molecule has 9 aromatic carbocycles. The SMILES string of the molecule is C1=CC2NC(c3ccc(-c4c5ccccc5c(-c5c6ccccc6c(-c6ccccc6)c6ccccc56)c5ccccc45)cc3)=C(c3ccccc3)N2C=C1. The molecule has 2 aliphatic rings. The van der Waals surface area contributed by atoms with Gasteiger partial charge in [-0.2, -0.15) is 0 Å². The largest absolute Gasteiger partial charge is 0.359 e. The maximum Gasteiger partial charge on any atom is 0.123 e. The van der Waals surface area contributed by atoms with E-state index in [0.29, 0.717) is 0 Å². The Morgan fingerprint density at radius 3 is 1.15 bits per heavy atom. The first kappa shape index (κ1) is 31.4. The third-order valence-corrected chi connectivity index (χ3v) is 11.4. The minimum Gasteiger partial charge on any atom is -0.359 e. The van der Waals surface area contributed by atoms with Crippen LogP contribution in [0.5, 0.6) is 0 Å². The smallest absolute Gasteiger partial charge is 0.123 e. The molecule has 0 saturated heterocycles. The van der Waals surface area contributed by atoms with E-state index in [1.807, 2.05) is 0 Å². The van der Waals surface area contributed by atoms with Crippen LogP contribution in [0.3, 0.4) is 0 Å². The third-order valence-electron chi connectivity index (χ3n) is 11.4. The van der Waals surface area contributed by atoms with Gasteiger partial charge < -0.3 is 10.2 Å². The van der Waals surface area contributed by atoms with Gasteiger partial charge >= 0.3 is 0 Å². The molecule has 9 aromatic rings. The topological polar surface area (TPSA) is 15.3 Å². The van der Waals surface area contributed by atoms with E-state index in [9.17, 15) is 0 Å². The van der Waals surface area contributed by atoms with Gasteiger partial charge in [-0.25, -0.2) is 0 Å². The molecule has 1 unspecified atom stereocenters. The fraction of sp³-hybridized carbons (Fsp3) is 0.0189. The summed E-state index contributed by atoms with van der Waals surface area (Å²) in [5.74, 6) is 0. The molecule has 0 aromatic heterocycles. The van der Waals surface area contributed by atoms with Crippen LogP contribution < -0.4 is 5.32 Å². The van der Waals surface area contributed by atoms with Crippen molar-refractivity contribution >= 4 is 54.5 Å². The second-order valence-corrected chi connectivity index (χ2v) is 14.4. The van der Waals surface area contributed by atoms with Gasteiger partial charge in [0.1, 0.15) is 6.17 Å². The van der Waals surface area contributed by atoms with Crippen LogP contribution in [0.2, 0.25) is 0 Å². The zero-order valence-electron chi connectivity index (χ0n) is 30.2. The Hall–Kier alpha value is -7.16. The second-order valence-electron chi connectivity index (χ2n) is 14.4. The predicted molar refractivity (Wildman–Crippen MR) is 233 cm³/mol. The van der Waals surface area contributed by atoms with Crippen molar-refractivity contribution in [1.29, 1.82) is 0 Å². The number of hydrogen-bond acceptors (Lipinski definition) is 2. The normalized spacial score (nSPS) is 15.0. The van der Waals surface area contributed by atoms with Gasteiger partial charge in [-0.1, -0.05) is 188 Å². The van der Waals surface area contributed by atoms with Gasteiger partial charge in [0.2, 0.25) is 0 Å². The number of rotatable bonds is 5. The van der Waals surface area contributed by atoms with Crippen LogP contribution in [0.4, 0.5) is 0 Å². The number of nitrogens with one attached hydrogen (secondary N) is 1. The fourth-order valence-electron chi connectivity index (χ4n) is 9.11. The van der Waals surface area contributed by atoms with Crippen LogP contribution >= 0.6 is 0 Å². The summed E-state index contributed by atoms with van der Waals surface area (Å²) < 4.78 is 0. The van der Waals surface area contributed by atoms with Gasteiger partial charge in [-0.15, -0.1) is 0 Å². The summed E-state index contributed by atoms with van der Waals surface area (Å²) in [4.78, 5) is 2.33. The molecule has 258 valence electrons. The zero-order chi connectivity index (χ0) is 36.3. The van der Waals surface area contributed by atoms with Gasteiger partial charge in [-0.3, -0.25) is 0 Å². The Kier molecular flexibility index (Phi) is 7.28. The highest BCUT2D eigenvalue weighted by molar-refractivity contribution is 6.30. The van der Waals surface area contributed by atoms with Crippen LogP contribution in [0.15, 0.2) is 206 Å². The van der Waals surface area contributed by atoms with Crippen LogP contribution in [0.25, 0.3) is 87.9 Å². The number of hydrogen-bond donors (Lipinski definition) is 1. The molecule has 55 heavy (non-hydrogen) atoms. The summed E-state index contributed by atoms with van der Waals surface area (Å²) in [5.41, 5.74) is 12.2. The van der Waals surface area contributed by atoms with E-state index in [4.69, 9.17) is 0 Å². The van der Waals surface area contributed by atoms with Crippen molar-refractivity contribution in [2.75, 3.05) is 0 Å². The lowest BCUT2D eigenvalue weighted by Gasteiger charge is -2.25. The molecule has 0 aliphatic carbocycles. The zero-order valence-corrected chi connectivity index (χ0v) is 30.2. The van der Waals surface area contributed by atoms with E-state index >= 15 is 0 Å². The second kappa shape index (κ2) is 12.8. The lowest BCUT2D eigenvalue weighted by Crippen LogP contribution is -2.32. The quantitative estimate of drug-likeness (QED) is 0.180. The average molecular weight is 701 g/mol. The maximum absolute atomic E-state index is 3.81. The molecule has 2 heterocycles. The number of allylic oxidation sites excluding steroid dienone is 2. The van der Waals surface area contributed by atoms with Crippen molar-refractivity contribution in [1.82, 2.24) is 10.2 Å². The molecule has 1 atom stereocenters. The fourth-order valence-corrected chi connectivity index (χ4v) is 9.11. The van der Waals surface area contributed by atoms with Crippen molar-refractivity contribution < 1.29 is 0 Å². The summed E-state index contributed by atoms with van der Waals surface area (Å²) in [6.07, 6.45) is 8.70. The van der Waals surface area contributed by atoms with Crippen LogP contribution in [0, 0.1) is 0 Å². The molecule has 0 fully saturated rings. The molecule has 11 rings (SSSR count). The Bertz CT molecular complexity index is 2930. The molecule has 0 spiro atoms. The van der Waals surface area contributed by atoms with E-state index in [1.165, 1.54) is 93.3 Å². The molecule has 2 aliphatic heterocycles. The van der Waals surface area contributed by atoms with Crippen LogP contribution in [0.1, 0.15) is 11.1 Å². The maximum atomic E-state index is 3.81. The van der Waals surface area contributed by atoms with Gasteiger partial charge in [0.15, 0.2) is 0 Å². The molecular formula is C53H36N2. The number of fused-ring (bicyclic) bond motifs is 5. The highest BCUT2D eigenvalue weighted by Gasteiger charge is 2.31. The highest BCUT2D eigenvalue weighted by Crippen LogP contribution is 2.50. The van der Waals surface area contributed by atoms with E-state index in [1.54, 1.807) is 0 Å². The Morgan fingerprint density at radius 2 is 0.691 bits per heavy atom. The summed E-state index contributed by atoms with van der Waals surface area (Å²) in [6.45, 7) is 0. The van der Waals surface area contributed by atoms with Gasteiger partial charge in [0, 0.05) is 11.8 Å². The number of nitrogens with zero attached hydrogens (tertiary/aromatic N) is 1. The summed E-state index contributed by atoms with van der Waals surface area (Å²) in [6, 6.07) is 66.7. The lowest BCUT2D eigenvalue weighted by atomic mass is 9.81. The van der Waals surface area contributed by atoms with Crippen molar-refractivity contribution in [3.05, 3.63) is 218 Å². The Morgan fingerprint density at radius 1 is 0.327 bits per heavy atom. The number of benzene rings is 9. The first-order chi connectivity index (χ1) is 27.3. The molecule has 0 bridgehead atoms. The monoisotopic (exact) mass is 700 g/mol. The summed E-state index contributed by atoms with van der Waals surface area (Å²) in [7, 11) is 0. The van der Waals surface area contributed by atoms with Crippen molar-refractivity contribution in [2.24, 2.45) is 0 Å². The minimum atomic E-state index is 0.0873. The molecule has 2 nitrogen and oxygen atoms in total. The van der Waals surface area contributed by atoms with Crippen LogP contribution in [-0.4, -0.2) is 11.1 Å². The summed E-state index contributed by atoms with van der Waals surface area (Å²) in [5, 5.41) is 13.9. The van der Waals surface area contributed by atoms with E-state index in [-0.39, 0.29) is 6.17 Å². The molecular weight excluding hydrogens is 665 g/mol. The van der Waals surface area contributed by atoms with Crippen molar-refractivity contribution in [2.45, 2.75) is 6.17 Å². The lowest BCUT2D eigenvalue weighted by molar-refractivity contribution is 0.443. The molecule has 0 amide bonds. The average Bonchev–Trinajstić information content (AvgIpc) is 3.65. The first-order valence-corrected chi connectivity index (χ1v) is 19.1. The Labute approximate surface area is 320 Å². The molecule has 1 N–H and O–H groups in total. The molecule has 0 saturated carbocycles. The van der Waals surface area contributed by atoms with Gasteiger partial charge in [-0.05, 0) is 94.2 Å². The predicted octanol–water partition coefficient (Wildman–Crippen LogP) is 13.4. The summed E-state index contributed by atoms with van der Waals surface area (Å²) >= 11 is 0. The standard InChI is InChI=1S/C53H36N2/c1-3-17-35(18-4-1)48-39-21-7-11-25-43(39)50(44-26-12-8-22-40(44)48)51-45-27-13-9-23-41(45)49(42-24-10-14-28-46(42)51)36-30-32-37(33-31-36)52-53(38-19-5-2-6-20-38)55-34-16-15-29-47(55)54-52/h1-34,47,54H. The van der Waals surface area contributed by atoms with E-state index in [2.05, 4.69) is 217 Å². The molecule has 2 heteroatoms. The van der Waals surface area contributed by atoms with Gasteiger partial charge in [0.05, 0.1) is 11.4 Å². The van der Waals surface area contributed by atoms with Crippen molar-refractivity contribution in [3.8, 4) is 33.4 Å².